The van der Waals surface area contributed by atoms with Gasteiger partial charge in [-0.15, -0.1) is 10.2 Å². The SMILES string of the molecule is CCn1c(SCC(=O)NC(C)c2ccccc2OC)nnc1C1CC1. The molecule has 1 unspecified atom stereocenters. The van der Waals surface area contributed by atoms with Gasteiger partial charge in [0.05, 0.1) is 18.9 Å². The summed E-state index contributed by atoms with van der Waals surface area (Å²) in [5.74, 6) is 2.70. The highest BCUT2D eigenvalue weighted by Crippen LogP contribution is 2.40. The van der Waals surface area contributed by atoms with E-state index in [1.54, 1.807) is 7.11 Å². The maximum absolute atomic E-state index is 12.3. The molecule has 3 rings (SSSR count). The maximum Gasteiger partial charge on any atom is 0.230 e. The van der Waals surface area contributed by atoms with Gasteiger partial charge in [0, 0.05) is 18.0 Å². The fourth-order valence-corrected chi connectivity index (χ4v) is 3.68. The Morgan fingerprint density at radius 2 is 2.16 bits per heavy atom. The number of rotatable bonds is 8. The van der Waals surface area contributed by atoms with E-state index in [2.05, 4.69) is 27.0 Å². The van der Waals surface area contributed by atoms with Gasteiger partial charge in [0.1, 0.15) is 11.6 Å². The van der Waals surface area contributed by atoms with Crippen LogP contribution in [0.4, 0.5) is 0 Å². The molecule has 7 heteroatoms. The van der Waals surface area contributed by atoms with Crippen molar-refractivity contribution < 1.29 is 9.53 Å². The zero-order valence-electron chi connectivity index (χ0n) is 14.9. The zero-order chi connectivity index (χ0) is 17.8. The highest BCUT2D eigenvalue weighted by atomic mass is 32.2. The normalized spacial score (nSPS) is 15.0. The maximum atomic E-state index is 12.3. The molecular formula is C18H24N4O2S. The van der Waals surface area contributed by atoms with Gasteiger partial charge >= 0.3 is 0 Å². The minimum atomic E-state index is -0.115. The molecule has 0 spiro atoms. The quantitative estimate of drug-likeness (QED) is 0.733. The second kappa shape index (κ2) is 7.91. The first kappa shape index (κ1) is 17.8. The van der Waals surface area contributed by atoms with Gasteiger partial charge < -0.3 is 14.6 Å². The number of carbonyl (C=O) groups excluding carboxylic acids is 1. The summed E-state index contributed by atoms with van der Waals surface area (Å²) in [6.45, 7) is 4.88. The van der Waals surface area contributed by atoms with Crippen molar-refractivity contribution >= 4 is 17.7 Å². The molecular weight excluding hydrogens is 336 g/mol. The Bertz CT molecular complexity index is 742. The average molecular weight is 360 g/mol. The van der Waals surface area contributed by atoms with Gasteiger partial charge in [0.15, 0.2) is 5.16 Å². The molecule has 0 bridgehead atoms. The highest BCUT2D eigenvalue weighted by molar-refractivity contribution is 7.99. The molecule has 1 atom stereocenters. The Morgan fingerprint density at radius 1 is 1.40 bits per heavy atom. The van der Waals surface area contributed by atoms with E-state index in [0.717, 1.165) is 28.8 Å². The van der Waals surface area contributed by atoms with Crippen molar-refractivity contribution in [3.8, 4) is 5.75 Å². The van der Waals surface area contributed by atoms with Gasteiger partial charge in [0.25, 0.3) is 0 Å². The molecule has 6 nitrogen and oxygen atoms in total. The number of para-hydroxylation sites is 1. The van der Waals surface area contributed by atoms with Crippen molar-refractivity contribution in [3.05, 3.63) is 35.7 Å². The summed E-state index contributed by atoms with van der Waals surface area (Å²) < 4.78 is 7.48. The number of methoxy groups -OCH3 is 1. The molecule has 1 N–H and O–H groups in total. The number of hydrogen-bond donors (Lipinski definition) is 1. The van der Waals surface area contributed by atoms with Crippen LogP contribution in [0.25, 0.3) is 0 Å². The predicted octanol–water partition coefficient (Wildman–Crippen LogP) is 3.15. The number of benzene rings is 1. The van der Waals surface area contributed by atoms with Crippen LogP contribution < -0.4 is 10.1 Å². The van der Waals surface area contributed by atoms with Crippen LogP contribution in [0, 0.1) is 0 Å². The summed E-state index contributed by atoms with van der Waals surface area (Å²) in [5.41, 5.74) is 0.969. The minimum absolute atomic E-state index is 0.0259. The molecule has 0 radical (unpaired) electrons. The van der Waals surface area contributed by atoms with E-state index in [0.29, 0.717) is 11.7 Å². The van der Waals surface area contributed by atoms with Crippen molar-refractivity contribution in [2.75, 3.05) is 12.9 Å². The number of thioether (sulfide) groups is 1. The van der Waals surface area contributed by atoms with E-state index in [4.69, 9.17) is 4.74 Å². The zero-order valence-corrected chi connectivity index (χ0v) is 15.7. The Morgan fingerprint density at radius 3 is 2.84 bits per heavy atom. The van der Waals surface area contributed by atoms with Crippen LogP contribution in [0.3, 0.4) is 0 Å². The summed E-state index contributed by atoms with van der Waals surface area (Å²) in [7, 11) is 1.64. The van der Waals surface area contributed by atoms with Crippen LogP contribution in [0.1, 0.15) is 50.0 Å². The van der Waals surface area contributed by atoms with Crippen LogP contribution in [0.2, 0.25) is 0 Å². The van der Waals surface area contributed by atoms with Gasteiger partial charge in [-0.1, -0.05) is 30.0 Å². The number of carbonyl (C=O) groups is 1. The molecule has 134 valence electrons. The molecule has 1 aromatic carbocycles. The summed E-state index contributed by atoms with van der Waals surface area (Å²) in [6.07, 6.45) is 2.39. The smallest absolute Gasteiger partial charge is 0.230 e. The van der Waals surface area contributed by atoms with Crippen LogP contribution in [-0.2, 0) is 11.3 Å². The molecule has 0 saturated heterocycles. The number of aromatic nitrogens is 3. The average Bonchev–Trinajstić information content (AvgIpc) is 3.39. The first-order valence-electron chi connectivity index (χ1n) is 8.62. The van der Waals surface area contributed by atoms with Crippen molar-refractivity contribution in [1.82, 2.24) is 20.1 Å². The number of hydrogen-bond acceptors (Lipinski definition) is 5. The molecule has 1 fully saturated rings. The molecule has 2 aromatic rings. The van der Waals surface area contributed by atoms with Crippen molar-refractivity contribution in [3.63, 3.8) is 0 Å². The second-order valence-corrected chi connectivity index (χ2v) is 7.12. The Kier molecular flexibility index (Phi) is 5.63. The third-order valence-electron chi connectivity index (χ3n) is 4.32. The summed E-state index contributed by atoms with van der Waals surface area (Å²) in [4.78, 5) is 12.3. The van der Waals surface area contributed by atoms with Crippen LogP contribution in [0.5, 0.6) is 5.75 Å². The molecule has 0 aliphatic heterocycles. The molecule has 1 aliphatic rings. The number of amides is 1. The second-order valence-electron chi connectivity index (χ2n) is 6.18. The van der Waals surface area contributed by atoms with Gasteiger partial charge in [-0.2, -0.15) is 0 Å². The van der Waals surface area contributed by atoms with E-state index in [1.807, 2.05) is 31.2 Å². The lowest BCUT2D eigenvalue weighted by Crippen LogP contribution is -2.28. The Hall–Kier alpha value is -2.02. The predicted molar refractivity (Wildman–Crippen MR) is 97.9 cm³/mol. The van der Waals surface area contributed by atoms with Crippen molar-refractivity contribution in [2.45, 2.75) is 50.4 Å². The summed E-state index contributed by atoms with van der Waals surface area (Å²) in [5, 5.41) is 12.4. The lowest BCUT2D eigenvalue weighted by Gasteiger charge is -2.17. The standard InChI is InChI=1S/C18H24N4O2S/c1-4-22-17(13-9-10-13)20-21-18(22)25-11-16(23)19-12(2)14-7-5-6-8-15(14)24-3/h5-8,12-13H,4,9-11H2,1-3H3,(H,19,23). The Balaban J connectivity index is 1.58. The topological polar surface area (TPSA) is 69.0 Å². The minimum Gasteiger partial charge on any atom is -0.496 e. The molecule has 1 heterocycles. The van der Waals surface area contributed by atoms with E-state index in [-0.39, 0.29) is 11.9 Å². The third-order valence-corrected chi connectivity index (χ3v) is 5.29. The van der Waals surface area contributed by atoms with E-state index in [9.17, 15) is 4.79 Å². The lowest BCUT2D eigenvalue weighted by molar-refractivity contribution is -0.119. The molecule has 1 amide bonds. The Labute approximate surface area is 152 Å². The largest absolute Gasteiger partial charge is 0.496 e. The summed E-state index contributed by atoms with van der Waals surface area (Å²) >= 11 is 1.44. The van der Waals surface area contributed by atoms with Crippen molar-refractivity contribution in [1.29, 1.82) is 0 Å². The third kappa shape index (κ3) is 4.15. The van der Waals surface area contributed by atoms with Crippen LogP contribution in [-0.4, -0.2) is 33.5 Å². The van der Waals surface area contributed by atoms with E-state index in [1.165, 1.54) is 24.6 Å². The molecule has 1 aromatic heterocycles. The molecule has 1 saturated carbocycles. The van der Waals surface area contributed by atoms with Gasteiger partial charge in [0.2, 0.25) is 5.91 Å². The van der Waals surface area contributed by atoms with Gasteiger partial charge in [-0.05, 0) is 32.8 Å². The molecule has 25 heavy (non-hydrogen) atoms. The van der Waals surface area contributed by atoms with Crippen LogP contribution >= 0.6 is 11.8 Å². The highest BCUT2D eigenvalue weighted by Gasteiger charge is 2.30. The number of nitrogens with one attached hydrogen (secondary N) is 1. The van der Waals surface area contributed by atoms with Gasteiger partial charge in [-0.25, -0.2) is 0 Å². The monoisotopic (exact) mass is 360 g/mol. The number of ether oxygens (including phenoxy) is 1. The molecule has 1 aliphatic carbocycles. The fourth-order valence-electron chi connectivity index (χ4n) is 2.86. The number of nitrogens with zero attached hydrogens (tertiary/aromatic N) is 3. The van der Waals surface area contributed by atoms with E-state index >= 15 is 0 Å². The first-order valence-corrected chi connectivity index (χ1v) is 9.60. The first-order chi connectivity index (χ1) is 12.1. The van der Waals surface area contributed by atoms with Crippen LogP contribution in [0.15, 0.2) is 29.4 Å². The summed E-state index contributed by atoms with van der Waals surface area (Å²) in [6, 6.07) is 7.61. The van der Waals surface area contributed by atoms with Crippen molar-refractivity contribution in [2.24, 2.45) is 0 Å². The van der Waals surface area contributed by atoms with Gasteiger partial charge in [-0.3, -0.25) is 4.79 Å². The van der Waals surface area contributed by atoms with E-state index < -0.39 is 0 Å². The fraction of sp³-hybridized carbons (Fsp3) is 0.500. The lowest BCUT2D eigenvalue weighted by atomic mass is 10.1.